The summed E-state index contributed by atoms with van der Waals surface area (Å²) in [5.41, 5.74) is 1.23. The van der Waals surface area contributed by atoms with Crippen LogP contribution in [0.2, 0.25) is 5.15 Å². The Morgan fingerprint density at radius 3 is 2.56 bits per heavy atom. The Kier molecular flexibility index (Phi) is 3.86. The second-order valence-corrected chi connectivity index (χ2v) is 4.85. The molecule has 0 aliphatic heterocycles. The highest BCUT2D eigenvalue weighted by molar-refractivity contribution is 6.30. The van der Waals surface area contributed by atoms with Gasteiger partial charge in [-0.25, -0.2) is 9.97 Å². The second kappa shape index (κ2) is 4.78. The molecule has 0 fully saturated rings. The minimum absolute atomic E-state index is 0.1000. The Morgan fingerprint density at radius 2 is 2.06 bits per heavy atom. The third-order valence-corrected chi connectivity index (χ3v) is 2.48. The van der Waals surface area contributed by atoms with Crippen LogP contribution in [0.1, 0.15) is 32.0 Å². The SMILES string of the molecule is COC(=O)Cc1c(Cl)ncnc1C(C)(C)C. The summed E-state index contributed by atoms with van der Waals surface area (Å²) in [4.78, 5) is 19.4. The highest BCUT2D eigenvalue weighted by Crippen LogP contribution is 2.27. The van der Waals surface area contributed by atoms with Gasteiger partial charge in [0.2, 0.25) is 0 Å². The normalized spacial score (nSPS) is 11.3. The molecule has 0 aliphatic rings. The third-order valence-electron chi connectivity index (χ3n) is 2.15. The maximum atomic E-state index is 11.3. The fourth-order valence-electron chi connectivity index (χ4n) is 1.41. The molecule has 0 atom stereocenters. The summed E-state index contributed by atoms with van der Waals surface area (Å²) in [7, 11) is 1.34. The van der Waals surface area contributed by atoms with Gasteiger partial charge < -0.3 is 4.74 Å². The van der Waals surface area contributed by atoms with E-state index in [4.69, 9.17) is 11.6 Å². The van der Waals surface area contributed by atoms with Crippen LogP contribution in [-0.4, -0.2) is 23.0 Å². The van der Waals surface area contributed by atoms with Gasteiger partial charge in [-0.2, -0.15) is 0 Å². The molecule has 0 aliphatic carbocycles. The van der Waals surface area contributed by atoms with E-state index < -0.39 is 0 Å². The summed E-state index contributed by atoms with van der Waals surface area (Å²) in [5, 5.41) is 0.310. The van der Waals surface area contributed by atoms with Gasteiger partial charge in [0.15, 0.2) is 0 Å². The predicted molar refractivity (Wildman–Crippen MR) is 61.5 cm³/mol. The molecular formula is C11H15ClN2O2. The largest absolute Gasteiger partial charge is 0.469 e. The summed E-state index contributed by atoms with van der Waals surface area (Å²) in [6, 6.07) is 0. The summed E-state index contributed by atoms with van der Waals surface area (Å²) in [6.45, 7) is 6.02. The van der Waals surface area contributed by atoms with Crippen LogP contribution in [-0.2, 0) is 21.4 Å². The average molecular weight is 243 g/mol. The van der Waals surface area contributed by atoms with E-state index in [0.29, 0.717) is 10.7 Å². The van der Waals surface area contributed by atoms with Crippen molar-refractivity contribution < 1.29 is 9.53 Å². The lowest BCUT2D eigenvalue weighted by atomic mass is 9.88. The second-order valence-electron chi connectivity index (χ2n) is 4.49. The van der Waals surface area contributed by atoms with Crippen molar-refractivity contribution in [2.45, 2.75) is 32.6 Å². The summed E-state index contributed by atoms with van der Waals surface area (Å²) in [5.74, 6) is -0.345. The maximum Gasteiger partial charge on any atom is 0.310 e. The van der Waals surface area contributed by atoms with Gasteiger partial charge in [0.05, 0.1) is 19.2 Å². The molecule has 1 heterocycles. The van der Waals surface area contributed by atoms with Crippen molar-refractivity contribution in [3.63, 3.8) is 0 Å². The van der Waals surface area contributed by atoms with E-state index in [0.717, 1.165) is 5.69 Å². The van der Waals surface area contributed by atoms with Crippen molar-refractivity contribution in [3.05, 3.63) is 22.7 Å². The van der Waals surface area contributed by atoms with Gasteiger partial charge in [-0.1, -0.05) is 32.4 Å². The van der Waals surface area contributed by atoms with Crippen LogP contribution in [0.25, 0.3) is 0 Å². The highest BCUT2D eigenvalue weighted by atomic mass is 35.5. The minimum Gasteiger partial charge on any atom is -0.469 e. The van der Waals surface area contributed by atoms with Crippen LogP contribution in [0.4, 0.5) is 0 Å². The van der Waals surface area contributed by atoms with Crippen molar-refractivity contribution in [2.75, 3.05) is 7.11 Å². The number of methoxy groups -OCH3 is 1. The van der Waals surface area contributed by atoms with Crippen LogP contribution >= 0.6 is 11.6 Å². The molecule has 1 aromatic heterocycles. The minimum atomic E-state index is -0.345. The summed E-state index contributed by atoms with van der Waals surface area (Å²) < 4.78 is 4.62. The Balaban J connectivity index is 3.19. The van der Waals surface area contributed by atoms with Crippen molar-refractivity contribution in [2.24, 2.45) is 0 Å². The Morgan fingerprint density at radius 1 is 1.44 bits per heavy atom. The number of aromatic nitrogens is 2. The first-order valence-corrected chi connectivity index (χ1v) is 5.30. The number of carbonyl (C=O) groups excluding carboxylic acids is 1. The summed E-state index contributed by atoms with van der Waals surface area (Å²) >= 11 is 5.98. The molecule has 0 radical (unpaired) electrons. The highest BCUT2D eigenvalue weighted by Gasteiger charge is 2.23. The molecule has 5 heteroatoms. The van der Waals surface area contributed by atoms with Gasteiger partial charge in [-0.15, -0.1) is 0 Å². The van der Waals surface area contributed by atoms with E-state index in [-0.39, 0.29) is 17.8 Å². The van der Waals surface area contributed by atoms with Crippen LogP contribution in [0.15, 0.2) is 6.33 Å². The smallest absolute Gasteiger partial charge is 0.310 e. The van der Waals surface area contributed by atoms with E-state index in [1.54, 1.807) is 0 Å². The first-order chi connectivity index (χ1) is 7.36. The first kappa shape index (κ1) is 12.9. The number of ether oxygens (including phenoxy) is 1. The lowest BCUT2D eigenvalue weighted by Crippen LogP contribution is -2.19. The van der Waals surface area contributed by atoms with E-state index >= 15 is 0 Å². The molecule has 0 aromatic carbocycles. The molecule has 1 rings (SSSR count). The van der Waals surface area contributed by atoms with Crippen LogP contribution in [0.5, 0.6) is 0 Å². The van der Waals surface area contributed by atoms with Gasteiger partial charge in [0, 0.05) is 11.0 Å². The van der Waals surface area contributed by atoms with E-state index in [1.165, 1.54) is 13.4 Å². The number of carbonyl (C=O) groups is 1. The van der Waals surface area contributed by atoms with Crippen molar-refractivity contribution in [3.8, 4) is 0 Å². The van der Waals surface area contributed by atoms with E-state index in [9.17, 15) is 4.79 Å². The Labute approximate surface area is 100 Å². The number of nitrogens with zero attached hydrogens (tertiary/aromatic N) is 2. The number of hydrogen-bond acceptors (Lipinski definition) is 4. The number of rotatable bonds is 2. The van der Waals surface area contributed by atoms with Gasteiger partial charge in [-0.05, 0) is 0 Å². The molecule has 4 nitrogen and oxygen atoms in total. The van der Waals surface area contributed by atoms with E-state index in [2.05, 4.69) is 14.7 Å². The van der Waals surface area contributed by atoms with Crippen LogP contribution < -0.4 is 0 Å². The lowest BCUT2D eigenvalue weighted by molar-refractivity contribution is -0.139. The van der Waals surface area contributed by atoms with Crippen molar-refractivity contribution >= 4 is 17.6 Å². The molecule has 88 valence electrons. The van der Waals surface area contributed by atoms with Crippen LogP contribution in [0, 0.1) is 0 Å². The van der Waals surface area contributed by atoms with Crippen molar-refractivity contribution in [1.82, 2.24) is 9.97 Å². The zero-order valence-corrected chi connectivity index (χ0v) is 10.6. The number of hydrogen-bond donors (Lipinski definition) is 0. The van der Waals surface area contributed by atoms with E-state index in [1.807, 2.05) is 20.8 Å². The van der Waals surface area contributed by atoms with Crippen molar-refractivity contribution in [1.29, 1.82) is 0 Å². The topological polar surface area (TPSA) is 52.1 Å². The standard InChI is InChI=1S/C11H15ClN2O2/c1-11(2,3)9-7(5-8(15)16-4)10(12)14-6-13-9/h6H,5H2,1-4H3. The summed E-state index contributed by atoms with van der Waals surface area (Å²) in [6.07, 6.45) is 1.51. The first-order valence-electron chi connectivity index (χ1n) is 4.93. The molecule has 0 spiro atoms. The Hall–Kier alpha value is -1.16. The molecule has 1 aromatic rings. The molecule has 0 saturated carbocycles. The quantitative estimate of drug-likeness (QED) is 0.589. The monoisotopic (exact) mass is 242 g/mol. The molecule has 0 bridgehead atoms. The van der Waals surface area contributed by atoms with Gasteiger partial charge >= 0.3 is 5.97 Å². The lowest BCUT2D eigenvalue weighted by Gasteiger charge is -2.21. The maximum absolute atomic E-state index is 11.3. The Bertz CT molecular complexity index is 399. The fourth-order valence-corrected chi connectivity index (χ4v) is 1.61. The number of halogens is 1. The third kappa shape index (κ3) is 2.92. The molecule has 0 amide bonds. The zero-order valence-electron chi connectivity index (χ0n) is 9.87. The van der Waals surface area contributed by atoms with Gasteiger partial charge in [0.1, 0.15) is 11.5 Å². The zero-order chi connectivity index (χ0) is 12.3. The molecular weight excluding hydrogens is 228 g/mol. The van der Waals surface area contributed by atoms with Gasteiger partial charge in [0.25, 0.3) is 0 Å². The predicted octanol–water partition coefficient (Wildman–Crippen LogP) is 2.14. The molecule has 0 unspecified atom stereocenters. The average Bonchev–Trinajstić information content (AvgIpc) is 2.19. The van der Waals surface area contributed by atoms with Gasteiger partial charge in [-0.3, -0.25) is 4.79 Å². The number of esters is 1. The van der Waals surface area contributed by atoms with Crippen LogP contribution in [0.3, 0.4) is 0 Å². The molecule has 16 heavy (non-hydrogen) atoms. The fraction of sp³-hybridized carbons (Fsp3) is 0.545. The molecule has 0 saturated heterocycles. The molecule has 0 N–H and O–H groups in total.